The standard InChI is InChI=1S/C21H28N2O3/c1-23(2)18-10-6-11-20(14-18)26-16-19(24)15-22-13-7-9-17-8-4-5-12-21(17)25-3/h4-12,14,19,22,24H,13,15-16H2,1-3H3/b9-7+. The number of rotatable bonds is 10. The van der Waals surface area contributed by atoms with Crippen LogP contribution in [0.15, 0.2) is 54.6 Å². The quantitative estimate of drug-likeness (QED) is 0.641. The molecule has 2 aromatic carbocycles. The van der Waals surface area contributed by atoms with Crippen LogP contribution in [0.25, 0.3) is 6.08 Å². The molecule has 0 heterocycles. The van der Waals surface area contributed by atoms with E-state index in [0.717, 1.165) is 22.7 Å². The number of methoxy groups -OCH3 is 1. The average molecular weight is 356 g/mol. The first kappa shape index (κ1) is 19.8. The minimum Gasteiger partial charge on any atom is -0.496 e. The maximum absolute atomic E-state index is 10.0. The highest BCUT2D eigenvalue weighted by molar-refractivity contribution is 5.57. The Balaban J connectivity index is 1.70. The van der Waals surface area contributed by atoms with Crippen LogP contribution in [-0.2, 0) is 0 Å². The average Bonchev–Trinajstić information content (AvgIpc) is 2.66. The van der Waals surface area contributed by atoms with E-state index in [1.54, 1.807) is 7.11 Å². The van der Waals surface area contributed by atoms with Crippen LogP contribution in [0.5, 0.6) is 11.5 Å². The first-order valence-electron chi connectivity index (χ1n) is 8.68. The Bertz CT molecular complexity index is 701. The van der Waals surface area contributed by atoms with Gasteiger partial charge in [-0.25, -0.2) is 0 Å². The molecule has 140 valence electrons. The maximum Gasteiger partial charge on any atom is 0.126 e. The normalized spacial score (nSPS) is 12.2. The predicted octanol–water partition coefficient (Wildman–Crippen LogP) is 2.80. The third kappa shape index (κ3) is 6.43. The number of nitrogens with zero attached hydrogens (tertiary/aromatic N) is 1. The molecule has 0 bridgehead atoms. The zero-order chi connectivity index (χ0) is 18.8. The van der Waals surface area contributed by atoms with Gasteiger partial charge in [0, 0.05) is 44.5 Å². The van der Waals surface area contributed by atoms with Crippen molar-refractivity contribution in [3.8, 4) is 11.5 Å². The van der Waals surface area contributed by atoms with Crippen molar-refractivity contribution in [3.05, 3.63) is 60.2 Å². The van der Waals surface area contributed by atoms with Crippen molar-refractivity contribution in [2.24, 2.45) is 0 Å². The number of ether oxygens (including phenoxy) is 2. The van der Waals surface area contributed by atoms with E-state index >= 15 is 0 Å². The SMILES string of the molecule is COc1ccccc1/C=C/CNCC(O)COc1cccc(N(C)C)c1. The van der Waals surface area contributed by atoms with E-state index in [0.29, 0.717) is 13.1 Å². The van der Waals surface area contributed by atoms with E-state index in [9.17, 15) is 5.11 Å². The molecule has 1 atom stereocenters. The highest BCUT2D eigenvalue weighted by Gasteiger charge is 2.05. The van der Waals surface area contributed by atoms with Gasteiger partial charge < -0.3 is 24.8 Å². The zero-order valence-corrected chi connectivity index (χ0v) is 15.7. The van der Waals surface area contributed by atoms with Crippen molar-refractivity contribution in [1.29, 1.82) is 0 Å². The monoisotopic (exact) mass is 356 g/mol. The summed E-state index contributed by atoms with van der Waals surface area (Å²) in [7, 11) is 5.63. The summed E-state index contributed by atoms with van der Waals surface area (Å²) in [6, 6.07) is 15.6. The molecule has 2 aromatic rings. The van der Waals surface area contributed by atoms with Crippen molar-refractivity contribution in [2.75, 3.05) is 45.8 Å². The zero-order valence-electron chi connectivity index (χ0n) is 15.7. The van der Waals surface area contributed by atoms with Gasteiger partial charge in [0.25, 0.3) is 0 Å². The van der Waals surface area contributed by atoms with Gasteiger partial charge in [-0.3, -0.25) is 0 Å². The molecule has 0 aliphatic rings. The second kappa shape index (κ2) is 10.5. The number of para-hydroxylation sites is 1. The molecular formula is C21H28N2O3. The van der Waals surface area contributed by atoms with Gasteiger partial charge in [0.15, 0.2) is 0 Å². The Morgan fingerprint density at radius 1 is 1.15 bits per heavy atom. The van der Waals surface area contributed by atoms with E-state index in [1.807, 2.05) is 79.7 Å². The van der Waals surface area contributed by atoms with Gasteiger partial charge in [0.05, 0.1) is 7.11 Å². The number of nitrogens with one attached hydrogen (secondary N) is 1. The van der Waals surface area contributed by atoms with Crippen molar-refractivity contribution in [1.82, 2.24) is 5.32 Å². The predicted molar refractivity (Wildman–Crippen MR) is 107 cm³/mol. The summed E-state index contributed by atoms with van der Waals surface area (Å²) in [5.41, 5.74) is 2.10. The lowest BCUT2D eigenvalue weighted by Crippen LogP contribution is -2.31. The Labute approximate surface area is 155 Å². The molecular weight excluding hydrogens is 328 g/mol. The Morgan fingerprint density at radius 2 is 1.96 bits per heavy atom. The van der Waals surface area contributed by atoms with Gasteiger partial charge in [-0.2, -0.15) is 0 Å². The molecule has 0 spiro atoms. The van der Waals surface area contributed by atoms with Gasteiger partial charge in [-0.05, 0) is 18.2 Å². The van der Waals surface area contributed by atoms with E-state index in [4.69, 9.17) is 9.47 Å². The van der Waals surface area contributed by atoms with Crippen LogP contribution >= 0.6 is 0 Å². The molecule has 0 saturated carbocycles. The summed E-state index contributed by atoms with van der Waals surface area (Å²) in [4.78, 5) is 2.01. The molecule has 1 unspecified atom stereocenters. The fourth-order valence-corrected chi connectivity index (χ4v) is 2.43. The van der Waals surface area contributed by atoms with Crippen LogP contribution in [0.2, 0.25) is 0 Å². The maximum atomic E-state index is 10.0. The van der Waals surface area contributed by atoms with Crippen LogP contribution in [-0.4, -0.2) is 52.1 Å². The largest absolute Gasteiger partial charge is 0.496 e. The molecule has 2 rings (SSSR count). The van der Waals surface area contributed by atoms with Crippen molar-refractivity contribution < 1.29 is 14.6 Å². The minimum absolute atomic E-state index is 0.250. The molecule has 5 nitrogen and oxygen atoms in total. The number of hydrogen-bond acceptors (Lipinski definition) is 5. The van der Waals surface area contributed by atoms with E-state index in [2.05, 4.69) is 5.32 Å². The Morgan fingerprint density at radius 3 is 2.73 bits per heavy atom. The fraction of sp³-hybridized carbons (Fsp3) is 0.333. The smallest absolute Gasteiger partial charge is 0.126 e. The third-order valence-corrected chi connectivity index (χ3v) is 3.85. The first-order valence-corrected chi connectivity index (χ1v) is 8.68. The van der Waals surface area contributed by atoms with Crippen molar-refractivity contribution >= 4 is 11.8 Å². The van der Waals surface area contributed by atoms with E-state index < -0.39 is 6.10 Å². The molecule has 0 saturated heterocycles. The fourth-order valence-electron chi connectivity index (χ4n) is 2.43. The molecule has 26 heavy (non-hydrogen) atoms. The molecule has 0 fully saturated rings. The second-order valence-corrected chi connectivity index (χ2v) is 6.16. The van der Waals surface area contributed by atoms with E-state index in [1.165, 1.54) is 0 Å². The molecule has 0 aliphatic heterocycles. The minimum atomic E-state index is -0.572. The summed E-state index contributed by atoms with van der Waals surface area (Å²) in [5.74, 6) is 1.60. The van der Waals surface area contributed by atoms with Crippen LogP contribution in [0, 0.1) is 0 Å². The summed E-state index contributed by atoms with van der Waals surface area (Å²) in [6.45, 7) is 1.37. The summed E-state index contributed by atoms with van der Waals surface area (Å²) >= 11 is 0. The molecule has 0 amide bonds. The van der Waals surface area contributed by atoms with Gasteiger partial charge in [0.1, 0.15) is 24.2 Å². The topological polar surface area (TPSA) is 54.0 Å². The van der Waals surface area contributed by atoms with E-state index in [-0.39, 0.29) is 6.61 Å². The van der Waals surface area contributed by atoms with Crippen LogP contribution in [0.3, 0.4) is 0 Å². The van der Waals surface area contributed by atoms with Crippen molar-refractivity contribution in [2.45, 2.75) is 6.10 Å². The van der Waals surface area contributed by atoms with Crippen molar-refractivity contribution in [3.63, 3.8) is 0 Å². The van der Waals surface area contributed by atoms with Gasteiger partial charge in [-0.1, -0.05) is 36.4 Å². The van der Waals surface area contributed by atoms with Gasteiger partial charge in [0.2, 0.25) is 0 Å². The summed E-state index contributed by atoms with van der Waals surface area (Å²) in [5, 5.41) is 13.2. The van der Waals surface area contributed by atoms with Gasteiger partial charge >= 0.3 is 0 Å². The van der Waals surface area contributed by atoms with Crippen LogP contribution < -0.4 is 19.7 Å². The molecule has 0 aromatic heterocycles. The van der Waals surface area contributed by atoms with Crippen LogP contribution in [0.4, 0.5) is 5.69 Å². The molecule has 0 radical (unpaired) electrons. The molecule has 5 heteroatoms. The third-order valence-electron chi connectivity index (χ3n) is 3.85. The number of aliphatic hydroxyl groups is 1. The summed E-state index contributed by atoms with van der Waals surface area (Å²) in [6.07, 6.45) is 3.44. The molecule has 2 N–H and O–H groups in total. The highest BCUT2D eigenvalue weighted by atomic mass is 16.5. The highest BCUT2D eigenvalue weighted by Crippen LogP contribution is 2.19. The number of aliphatic hydroxyl groups excluding tert-OH is 1. The lowest BCUT2D eigenvalue weighted by Gasteiger charge is -2.16. The number of benzene rings is 2. The first-order chi connectivity index (χ1) is 12.6. The second-order valence-electron chi connectivity index (χ2n) is 6.16. The number of hydrogen-bond donors (Lipinski definition) is 2. The molecule has 0 aliphatic carbocycles. The lowest BCUT2D eigenvalue weighted by atomic mass is 10.2. The van der Waals surface area contributed by atoms with Crippen LogP contribution in [0.1, 0.15) is 5.56 Å². The summed E-state index contributed by atoms with van der Waals surface area (Å²) < 4.78 is 11.0. The lowest BCUT2D eigenvalue weighted by molar-refractivity contribution is 0.107. The number of anilines is 1. The Hall–Kier alpha value is -2.50. The van der Waals surface area contributed by atoms with Gasteiger partial charge in [-0.15, -0.1) is 0 Å². The Kier molecular flexibility index (Phi) is 7.99.